The Kier molecular flexibility index (Phi) is 7.19. The lowest BCUT2D eigenvalue weighted by atomic mass is 10.1. The van der Waals surface area contributed by atoms with Crippen molar-refractivity contribution in [2.45, 2.75) is 32.4 Å². The molecule has 33 heavy (non-hydrogen) atoms. The highest BCUT2D eigenvalue weighted by Crippen LogP contribution is 2.37. The van der Waals surface area contributed by atoms with Gasteiger partial charge in [-0.15, -0.1) is 0 Å². The summed E-state index contributed by atoms with van der Waals surface area (Å²) in [5.74, 6) is 1.62. The van der Waals surface area contributed by atoms with Crippen LogP contribution in [0.25, 0.3) is 0 Å². The topological polar surface area (TPSA) is 80.8 Å². The monoisotopic (exact) mass is 445 g/mol. The number of nitrogens with zero attached hydrogens (tertiary/aromatic N) is 2. The molecule has 0 spiro atoms. The lowest BCUT2D eigenvalue weighted by Crippen LogP contribution is -2.42. The normalized spacial score (nSPS) is 14.9. The molecule has 1 atom stereocenters. The molecule has 1 aromatic heterocycles. The summed E-state index contributed by atoms with van der Waals surface area (Å²) in [5.41, 5.74) is 1.79. The fourth-order valence-corrected chi connectivity index (χ4v) is 3.71. The zero-order valence-electron chi connectivity index (χ0n) is 18.6. The van der Waals surface area contributed by atoms with Crippen LogP contribution in [0.2, 0.25) is 0 Å². The molecule has 1 aliphatic rings. The molecule has 0 aliphatic carbocycles. The Bertz CT molecular complexity index is 1090. The minimum atomic E-state index is -0.726. The van der Waals surface area contributed by atoms with Gasteiger partial charge in [-0.2, -0.15) is 0 Å². The van der Waals surface area contributed by atoms with E-state index in [2.05, 4.69) is 10.3 Å². The number of ether oxygens (including phenoxy) is 2. The van der Waals surface area contributed by atoms with Crippen LogP contribution >= 0.6 is 0 Å². The first-order valence-corrected chi connectivity index (χ1v) is 11.1. The summed E-state index contributed by atoms with van der Waals surface area (Å²) in [5, 5.41) is 2.93. The second-order valence-electron chi connectivity index (χ2n) is 7.68. The van der Waals surface area contributed by atoms with Gasteiger partial charge in [0.25, 0.3) is 5.91 Å². The van der Waals surface area contributed by atoms with E-state index < -0.39 is 6.10 Å². The van der Waals surface area contributed by atoms with Crippen LogP contribution in [0.4, 0.5) is 5.82 Å². The third-order valence-electron chi connectivity index (χ3n) is 5.35. The summed E-state index contributed by atoms with van der Waals surface area (Å²) in [6.45, 7) is 3.39. The summed E-state index contributed by atoms with van der Waals surface area (Å²) in [7, 11) is 0. The largest absolute Gasteiger partial charge is 0.494 e. The molecule has 7 heteroatoms. The predicted octanol–water partition coefficient (Wildman–Crippen LogP) is 4.04. The molecule has 1 aliphatic heterocycles. The Hall–Kier alpha value is -3.87. The average molecular weight is 446 g/mol. The lowest BCUT2D eigenvalue weighted by Gasteiger charge is -2.33. The van der Waals surface area contributed by atoms with Crippen LogP contribution in [0.3, 0.4) is 0 Å². The second kappa shape index (κ2) is 10.6. The van der Waals surface area contributed by atoms with Crippen LogP contribution in [-0.2, 0) is 16.1 Å². The van der Waals surface area contributed by atoms with E-state index in [1.807, 2.05) is 61.5 Å². The Labute approximate surface area is 193 Å². The molecule has 0 radical (unpaired) electrons. The highest BCUT2D eigenvalue weighted by Gasteiger charge is 2.36. The zero-order chi connectivity index (χ0) is 23.0. The van der Waals surface area contributed by atoms with Crippen LogP contribution in [0.1, 0.15) is 37.0 Å². The molecule has 0 fully saturated rings. The van der Waals surface area contributed by atoms with Gasteiger partial charge in [0, 0.05) is 31.3 Å². The standard InChI is InChI=1S/C26H27N3O4/c1-2-32-21-14-12-19(13-15-21)18-28-23(30)11-7-17-29-25-22(10-6-16-27-25)33-24(26(29)31)20-8-4-3-5-9-20/h3-6,8-10,12-16,24H,2,7,11,17-18H2,1H3,(H,28,30)/t24-/m0/s1. The molecule has 2 amide bonds. The minimum Gasteiger partial charge on any atom is -0.494 e. The molecule has 0 unspecified atom stereocenters. The number of fused-ring (bicyclic) bond motifs is 1. The number of anilines is 1. The number of rotatable bonds is 9. The van der Waals surface area contributed by atoms with Crippen molar-refractivity contribution in [3.05, 3.63) is 84.1 Å². The Balaban J connectivity index is 1.34. The van der Waals surface area contributed by atoms with Gasteiger partial charge in [-0.25, -0.2) is 4.98 Å². The van der Waals surface area contributed by atoms with E-state index in [0.29, 0.717) is 44.1 Å². The van der Waals surface area contributed by atoms with E-state index in [1.54, 1.807) is 23.2 Å². The van der Waals surface area contributed by atoms with Gasteiger partial charge < -0.3 is 14.8 Å². The van der Waals surface area contributed by atoms with Gasteiger partial charge in [-0.1, -0.05) is 42.5 Å². The summed E-state index contributed by atoms with van der Waals surface area (Å²) < 4.78 is 11.4. The van der Waals surface area contributed by atoms with Crippen LogP contribution < -0.4 is 19.7 Å². The molecule has 2 heterocycles. The van der Waals surface area contributed by atoms with Crippen LogP contribution in [0, 0.1) is 0 Å². The Morgan fingerprint density at radius 2 is 1.88 bits per heavy atom. The number of carbonyl (C=O) groups is 2. The number of pyridine rings is 1. The van der Waals surface area contributed by atoms with E-state index in [-0.39, 0.29) is 11.8 Å². The van der Waals surface area contributed by atoms with Gasteiger partial charge in [-0.3, -0.25) is 14.5 Å². The molecule has 2 aromatic carbocycles. The number of amides is 2. The van der Waals surface area contributed by atoms with Gasteiger partial charge in [-0.05, 0) is 43.2 Å². The van der Waals surface area contributed by atoms with Crippen molar-refractivity contribution in [3.8, 4) is 11.5 Å². The summed E-state index contributed by atoms with van der Waals surface area (Å²) >= 11 is 0. The van der Waals surface area contributed by atoms with Crippen molar-refractivity contribution in [2.24, 2.45) is 0 Å². The van der Waals surface area contributed by atoms with Gasteiger partial charge in [0.1, 0.15) is 5.75 Å². The third kappa shape index (κ3) is 5.49. The third-order valence-corrected chi connectivity index (χ3v) is 5.35. The maximum absolute atomic E-state index is 13.2. The molecule has 3 aromatic rings. The van der Waals surface area contributed by atoms with E-state index in [4.69, 9.17) is 9.47 Å². The lowest BCUT2D eigenvalue weighted by molar-refractivity contribution is -0.127. The SMILES string of the molecule is CCOc1ccc(CNC(=O)CCCN2C(=O)[C@H](c3ccccc3)Oc3cccnc32)cc1. The van der Waals surface area contributed by atoms with Crippen LogP contribution in [0.15, 0.2) is 72.9 Å². The van der Waals surface area contributed by atoms with Crippen molar-refractivity contribution in [1.82, 2.24) is 10.3 Å². The van der Waals surface area contributed by atoms with Crippen molar-refractivity contribution >= 4 is 17.6 Å². The quantitative estimate of drug-likeness (QED) is 0.538. The number of hydrogen-bond acceptors (Lipinski definition) is 5. The van der Waals surface area contributed by atoms with Crippen molar-refractivity contribution in [1.29, 1.82) is 0 Å². The Morgan fingerprint density at radius 3 is 2.64 bits per heavy atom. The molecule has 4 rings (SSSR count). The van der Waals surface area contributed by atoms with Crippen LogP contribution in [0.5, 0.6) is 11.5 Å². The summed E-state index contributed by atoms with van der Waals surface area (Å²) in [6.07, 6.45) is 1.73. The fraction of sp³-hybridized carbons (Fsp3) is 0.269. The molecule has 0 saturated heterocycles. The molecule has 170 valence electrons. The number of hydrogen-bond donors (Lipinski definition) is 1. The molecule has 7 nitrogen and oxygen atoms in total. The first-order chi connectivity index (χ1) is 16.2. The van der Waals surface area contributed by atoms with Gasteiger partial charge in [0.15, 0.2) is 11.6 Å². The highest BCUT2D eigenvalue weighted by molar-refractivity contribution is 5.99. The number of carbonyl (C=O) groups excluding carboxylic acids is 2. The Morgan fingerprint density at radius 1 is 1.09 bits per heavy atom. The number of nitrogens with one attached hydrogen (secondary N) is 1. The van der Waals surface area contributed by atoms with Crippen molar-refractivity contribution in [3.63, 3.8) is 0 Å². The van der Waals surface area contributed by atoms with Gasteiger partial charge in [0.2, 0.25) is 12.0 Å². The highest BCUT2D eigenvalue weighted by atomic mass is 16.5. The predicted molar refractivity (Wildman–Crippen MR) is 125 cm³/mol. The molecular formula is C26H27N3O4. The molecule has 0 saturated carbocycles. The van der Waals surface area contributed by atoms with Gasteiger partial charge >= 0.3 is 0 Å². The molecule has 0 bridgehead atoms. The first-order valence-electron chi connectivity index (χ1n) is 11.1. The maximum Gasteiger partial charge on any atom is 0.274 e. The molecule has 1 N–H and O–H groups in total. The van der Waals surface area contributed by atoms with Crippen LogP contribution in [-0.4, -0.2) is 29.9 Å². The fourth-order valence-electron chi connectivity index (χ4n) is 3.71. The van der Waals surface area contributed by atoms with E-state index in [1.165, 1.54) is 0 Å². The first kappa shape index (κ1) is 22.3. The maximum atomic E-state index is 13.2. The average Bonchev–Trinajstić information content (AvgIpc) is 2.85. The molecular weight excluding hydrogens is 418 g/mol. The number of aromatic nitrogens is 1. The van der Waals surface area contributed by atoms with E-state index in [0.717, 1.165) is 16.9 Å². The second-order valence-corrected chi connectivity index (χ2v) is 7.68. The number of benzene rings is 2. The minimum absolute atomic E-state index is 0.0644. The van der Waals surface area contributed by atoms with Crippen molar-refractivity contribution in [2.75, 3.05) is 18.1 Å². The van der Waals surface area contributed by atoms with E-state index >= 15 is 0 Å². The van der Waals surface area contributed by atoms with E-state index in [9.17, 15) is 9.59 Å². The summed E-state index contributed by atoms with van der Waals surface area (Å²) in [4.78, 5) is 31.5. The smallest absolute Gasteiger partial charge is 0.274 e. The van der Waals surface area contributed by atoms with Crippen molar-refractivity contribution < 1.29 is 19.1 Å². The zero-order valence-corrected chi connectivity index (χ0v) is 18.6. The summed E-state index contributed by atoms with van der Waals surface area (Å²) in [6, 6.07) is 20.6. The van der Waals surface area contributed by atoms with Gasteiger partial charge in [0.05, 0.1) is 6.61 Å².